The zero-order chi connectivity index (χ0) is 13.8. The highest BCUT2D eigenvalue weighted by atomic mass is 35.5. The molecule has 106 valence electrons. The number of halogens is 1. The lowest BCUT2D eigenvalue weighted by Gasteiger charge is -2.06. The van der Waals surface area contributed by atoms with Gasteiger partial charge < -0.3 is 5.73 Å². The first-order chi connectivity index (χ1) is 9.83. The van der Waals surface area contributed by atoms with E-state index >= 15 is 0 Å². The highest BCUT2D eigenvalue weighted by Crippen LogP contribution is 2.18. The van der Waals surface area contributed by atoms with Crippen molar-refractivity contribution in [1.82, 2.24) is 19.9 Å². The maximum absolute atomic E-state index is 6.01. The minimum atomic E-state index is 0. The van der Waals surface area contributed by atoms with Crippen molar-refractivity contribution in [3.05, 3.63) is 66.4 Å². The van der Waals surface area contributed by atoms with E-state index in [0.717, 1.165) is 17.5 Å². The van der Waals surface area contributed by atoms with Crippen molar-refractivity contribution in [2.75, 3.05) is 5.73 Å². The fourth-order valence-corrected chi connectivity index (χ4v) is 1.93. The van der Waals surface area contributed by atoms with Crippen molar-refractivity contribution >= 4 is 18.2 Å². The molecule has 6 heteroatoms. The van der Waals surface area contributed by atoms with Crippen molar-refractivity contribution in [2.45, 2.75) is 6.42 Å². The van der Waals surface area contributed by atoms with Crippen LogP contribution in [0.3, 0.4) is 0 Å². The van der Waals surface area contributed by atoms with E-state index in [-0.39, 0.29) is 12.4 Å². The predicted octanol–water partition coefficient (Wildman–Crippen LogP) is 2.53. The second kappa shape index (κ2) is 6.76. The van der Waals surface area contributed by atoms with Gasteiger partial charge >= 0.3 is 0 Å². The number of rotatable bonds is 3. The minimum Gasteiger partial charge on any atom is -0.383 e. The van der Waals surface area contributed by atoms with Crippen LogP contribution in [-0.2, 0) is 6.42 Å². The summed E-state index contributed by atoms with van der Waals surface area (Å²) >= 11 is 0. The van der Waals surface area contributed by atoms with Crippen molar-refractivity contribution in [3.8, 4) is 11.4 Å². The number of anilines is 1. The Morgan fingerprint density at radius 3 is 2.33 bits per heavy atom. The van der Waals surface area contributed by atoms with E-state index < -0.39 is 0 Å². The molecule has 2 heterocycles. The smallest absolute Gasteiger partial charge is 0.164 e. The first kappa shape index (κ1) is 14.9. The quantitative estimate of drug-likeness (QED) is 0.804. The van der Waals surface area contributed by atoms with E-state index in [1.54, 1.807) is 18.6 Å². The molecular formula is C15H14ClN5. The molecule has 0 spiro atoms. The standard InChI is InChI=1S/C15H13N5.ClH/c16-14-12(6-11-4-2-1-3-5-11)9-19-15(20-14)13-7-17-10-18-8-13;/h1-5,7-10H,6H2,(H2,16,19,20);1H. The summed E-state index contributed by atoms with van der Waals surface area (Å²) in [5, 5.41) is 0. The minimum absolute atomic E-state index is 0. The molecule has 0 aliphatic heterocycles. The van der Waals surface area contributed by atoms with Crippen molar-refractivity contribution in [3.63, 3.8) is 0 Å². The monoisotopic (exact) mass is 299 g/mol. The van der Waals surface area contributed by atoms with Crippen LogP contribution >= 0.6 is 12.4 Å². The van der Waals surface area contributed by atoms with Gasteiger partial charge in [0.05, 0.1) is 5.56 Å². The molecule has 1 aromatic carbocycles. The summed E-state index contributed by atoms with van der Waals surface area (Å²) < 4.78 is 0. The highest BCUT2D eigenvalue weighted by molar-refractivity contribution is 5.85. The van der Waals surface area contributed by atoms with E-state index in [2.05, 4.69) is 32.1 Å². The normalized spacial score (nSPS) is 9.90. The Bertz CT molecular complexity index is 704. The van der Waals surface area contributed by atoms with Gasteiger partial charge in [-0.2, -0.15) is 0 Å². The van der Waals surface area contributed by atoms with Crippen LogP contribution in [0.15, 0.2) is 55.2 Å². The van der Waals surface area contributed by atoms with Crippen molar-refractivity contribution in [2.24, 2.45) is 0 Å². The molecule has 0 radical (unpaired) electrons. The van der Waals surface area contributed by atoms with Crippen LogP contribution < -0.4 is 5.73 Å². The Morgan fingerprint density at radius 2 is 1.67 bits per heavy atom. The summed E-state index contributed by atoms with van der Waals surface area (Å²) in [5.41, 5.74) is 8.86. The summed E-state index contributed by atoms with van der Waals surface area (Å²) in [4.78, 5) is 16.6. The maximum atomic E-state index is 6.01. The van der Waals surface area contributed by atoms with Crippen LogP contribution in [0.4, 0.5) is 5.82 Å². The van der Waals surface area contributed by atoms with Crippen molar-refractivity contribution in [1.29, 1.82) is 0 Å². The lowest BCUT2D eigenvalue weighted by atomic mass is 10.1. The van der Waals surface area contributed by atoms with Gasteiger partial charge in [0.1, 0.15) is 12.1 Å². The third kappa shape index (κ3) is 3.52. The van der Waals surface area contributed by atoms with Gasteiger partial charge in [-0.1, -0.05) is 30.3 Å². The Kier molecular flexibility index (Phi) is 4.79. The van der Waals surface area contributed by atoms with Crippen LogP contribution in [0.1, 0.15) is 11.1 Å². The van der Waals surface area contributed by atoms with Crippen LogP contribution in [0.5, 0.6) is 0 Å². The van der Waals surface area contributed by atoms with E-state index in [1.807, 2.05) is 18.2 Å². The predicted molar refractivity (Wildman–Crippen MR) is 84.0 cm³/mol. The summed E-state index contributed by atoms with van der Waals surface area (Å²) in [6, 6.07) is 10.1. The Hall–Kier alpha value is -2.53. The van der Waals surface area contributed by atoms with Gasteiger partial charge in [-0.3, -0.25) is 0 Å². The molecule has 0 unspecified atom stereocenters. The molecule has 0 atom stereocenters. The van der Waals surface area contributed by atoms with Crippen LogP contribution in [0.2, 0.25) is 0 Å². The van der Waals surface area contributed by atoms with Gasteiger partial charge in [0.25, 0.3) is 0 Å². The zero-order valence-electron chi connectivity index (χ0n) is 11.2. The molecule has 5 nitrogen and oxygen atoms in total. The highest BCUT2D eigenvalue weighted by Gasteiger charge is 2.07. The molecular weight excluding hydrogens is 286 g/mol. The first-order valence-corrected chi connectivity index (χ1v) is 6.23. The van der Waals surface area contributed by atoms with Gasteiger partial charge in [-0.25, -0.2) is 19.9 Å². The number of benzene rings is 1. The number of aromatic nitrogens is 4. The average molecular weight is 300 g/mol. The molecule has 0 aliphatic rings. The molecule has 2 N–H and O–H groups in total. The largest absolute Gasteiger partial charge is 0.383 e. The summed E-state index contributed by atoms with van der Waals surface area (Å²) in [5.74, 6) is 1.03. The molecule has 0 aliphatic carbocycles. The van der Waals surface area contributed by atoms with E-state index in [0.29, 0.717) is 11.6 Å². The third-order valence-electron chi connectivity index (χ3n) is 2.95. The van der Waals surface area contributed by atoms with E-state index in [1.165, 1.54) is 11.9 Å². The lowest BCUT2D eigenvalue weighted by molar-refractivity contribution is 1.07. The fraction of sp³-hybridized carbons (Fsp3) is 0.0667. The Labute approximate surface area is 128 Å². The third-order valence-corrected chi connectivity index (χ3v) is 2.95. The summed E-state index contributed by atoms with van der Waals surface area (Å²) in [6.45, 7) is 0. The van der Waals surface area contributed by atoms with Gasteiger partial charge in [0.2, 0.25) is 0 Å². The Morgan fingerprint density at radius 1 is 0.952 bits per heavy atom. The average Bonchev–Trinajstić information content (AvgIpc) is 2.51. The van der Waals surface area contributed by atoms with Gasteiger partial charge in [0.15, 0.2) is 5.82 Å². The number of hydrogen-bond donors (Lipinski definition) is 1. The lowest BCUT2D eigenvalue weighted by Crippen LogP contribution is -2.02. The van der Waals surface area contributed by atoms with Crippen LogP contribution in [0.25, 0.3) is 11.4 Å². The van der Waals surface area contributed by atoms with Crippen LogP contribution in [0, 0.1) is 0 Å². The molecule has 3 rings (SSSR count). The number of hydrogen-bond acceptors (Lipinski definition) is 5. The van der Waals surface area contributed by atoms with Gasteiger partial charge in [-0.15, -0.1) is 12.4 Å². The van der Waals surface area contributed by atoms with E-state index in [4.69, 9.17) is 5.73 Å². The fourth-order valence-electron chi connectivity index (χ4n) is 1.93. The molecule has 0 bridgehead atoms. The second-order valence-electron chi connectivity index (χ2n) is 4.39. The summed E-state index contributed by atoms with van der Waals surface area (Å²) in [7, 11) is 0. The topological polar surface area (TPSA) is 77.6 Å². The molecule has 21 heavy (non-hydrogen) atoms. The van der Waals surface area contributed by atoms with Crippen molar-refractivity contribution < 1.29 is 0 Å². The molecule has 0 saturated heterocycles. The Balaban J connectivity index is 0.00000161. The summed E-state index contributed by atoms with van der Waals surface area (Å²) in [6.07, 6.45) is 7.28. The first-order valence-electron chi connectivity index (χ1n) is 6.23. The van der Waals surface area contributed by atoms with Crippen LogP contribution in [-0.4, -0.2) is 19.9 Å². The van der Waals surface area contributed by atoms with E-state index in [9.17, 15) is 0 Å². The number of nitrogens with zero attached hydrogens (tertiary/aromatic N) is 4. The number of nitrogen functional groups attached to an aromatic ring is 1. The number of nitrogens with two attached hydrogens (primary N) is 1. The SMILES string of the molecule is Cl.Nc1nc(-c2cncnc2)ncc1Cc1ccccc1. The molecule has 0 amide bonds. The van der Waals surface area contributed by atoms with Gasteiger partial charge in [-0.05, 0) is 5.56 Å². The molecule has 2 aromatic heterocycles. The van der Waals surface area contributed by atoms with Gasteiger partial charge in [0, 0.05) is 30.6 Å². The maximum Gasteiger partial charge on any atom is 0.164 e. The molecule has 0 fully saturated rings. The molecule has 0 saturated carbocycles. The zero-order valence-corrected chi connectivity index (χ0v) is 12.0. The molecule has 3 aromatic rings. The second-order valence-corrected chi connectivity index (χ2v) is 4.39.